The minimum Gasteiger partial charge on any atom is -0.504 e. The van der Waals surface area contributed by atoms with Crippen LogP contribution >= 0.6 is 0 Å². The van der Waals surface area contributed by atoms with Gasteiger partial charge in [-0.15, -0.1) is 0 Å². The maximum Gasteiger partial charge on any atom is 0.309 e. The van der Waals surface area contributed by atoms with Crippen molar-refractivity contribution in [3.63, 3.8) is 0 Å². The fraction of sp³-hybridized carbons (Fsp3) is 0.353. The van der Waals surface area contributed by atoms with Crippen molar-refractivity contribution in [3.05, 3.63) is 34.4 Å². The van der Waals surface area contributed by atoms with Crippen LogP contribution in [0.3, 0.4) is 0 Å². The van der Waals surface area contributed by atoms with E-state index in [0.717, 1.165) is 0 Å². The van der Waals surface area contributed by atoms with E-state index in [-0.39, 0.29) is 40.2 Å². The van der Waals surface area contributed by atoms with E-state index in [2.05, 4.69) is 0 Å². The van der Waals surface area contributed by atoms with Gasteiger partial charge < -0.3 is 19.3 Å². The third kappa shape index (κ3) is 1.78. The number of rotatable bonds is 1. The number of fused-ring (bicyclic) bond motifs is 3. The summed E-state index contributed by atoms with van der Waals surface area (Å²) in [7, 11) is 1.31. The second kappa shape index (κ2) is 4.91. The second-order valence-corrected chi connectivity index (χ2v) is 5.96. The van der Waals surface area contributed by atoms with Gasteiger partial charge in [-0.2, -0.15) is 0 Å². The number of phenolic OH excluding ortho intramolecular Hbond substituents is 1. The molecule has 124 valence electrons. The molecule has 0 spiro atoms. The summed E-state index contributed by atoms with van der Waals surface area (Å²) in [4.78, 5) is 37.6. The molecule has 3 atom stereocenters. The van der Waals surface area contributed by atoms with Crippen LogP contribution in [0.25, 0.3) is 0 Å². The lowest BCUT2D eigenvalue weighted by atomic mass is 9.77. The number of methoxy groups -OCH3 is 1. The minimum absolute atomic E-state index is 0.0134. The zero-order valence-corrected chi connectivity index (χ0v) is 13.0. The van der Waals surface area contributed by atoms with Crippen molar-refractivity contribution >= 4 is 17.5 Å². The van der Waals surface area contributed by atoms with Crippen molar-refractivity contribution in [2.24, 2.45) is 0 Å². The molecule has 24 heavy (non-hydrogen) atoms. The van der Waals surface area contributed by atoms with Crippen molar-refractivity contribution in [3.8, 4) is 11.5 Å². The summed E-state index contributed by atoms with van der Waals surface area (Å²) in [6.45, 7) is 1.65. The zero-order valence-electron chi connectivity index (χ0n) is 13.0. The van der Waals surface area contributed by atoms with E-state index in [1.165, 1.54) is 19.2 Å². The molecule has 0 bridgehead atoms. The number of carbonyl (C=O) groups is 3. The minimum atomic E-state index is -0.868. The number of benzene rings is 1. The molecule has 3 unspecified atom stereocenters. The van der Waals surface area contributed by atoms with Crippen LogP contribution in [0.1, 0.15) is 34.1 Å². The predicted octanol–water partition coefficient (Wildman–Crippen LogP) is 1.18. The highest BCUT2D eigenvalue weighted by Crippen LogP contribution is 2.44. The van der Waals surface area contributed by atoms with Crippen LogP contribution < -0.4 is 4.74 Å². The van der Waals surface area contributed by atoms with Crippen LogP contribution in [-0.2, 0) is 14.3 Å². The molecule has 1 saturated heterocycles. The van der Waals surface area contributed by atoms with E-state index in [4.69, 9.17) is 14.2 Å². The Hall–Kier alpha value is -2.67. The molecule has 7 nitrogen and oxygen atoms in total. The third-order valence-corrected chi connectivity index (χ3v) is 4.63. The van der Waals surface area contributed by atoms with Gasteiger partial charge in [0.1, 0.15) is 6.10 Å². The maximum atomic E-state index is 13.0. The topological polar surface area (TPSA) is 99.1 Å². The number of esters is 1. The van der Waals surface area contributed by atoms with Crippen LogP contribution in [0.2, 0.25) is 0 Å². The number of aromatic hydroxyl groups is 1. The SMILES string of the molecule is COc1c(O)ccc2c1C(=O)C1=C(C2=O)C2OC(=O)CC2OC1C. The lowest BCUT2D eigenvalue weighted by molar-refractivity contribution is -0.140. The molecule has 4 rings (SSSR count). The Bertz CT molecular complexity index is 836. The fourth-order valence-corrected chi connectivity index (χ4v) is 3.63. The van der Waals surface area contributed by atoms with Crippen LogP contribution in [0, 0.1) is 0 Å². The monoisotopic (exact) mass is 330 g/mol. The van der Waals surface area contributed by atoms with Gasteiger partial charge in [-0.1, -0.05) is 0 Å². The number of phenols is 1. The van der Waals surface area contributed by atoms with Crippen molar-refractivity contribution < 1.29 is 33.7 Å². The van der Waals surface area contributed by atoms with Crippen LogP contribution in [0.4, 0.5) is 0 Å². The summed E-state index contributed by atoms with van der Waals surface area (Å²) in [5.41, 5.74) is 0.478. The highest BCUT2D eigenvalue weighted by molar-refractivity contribution is 6.29. The van der Waals surface area contributed by atoms with Crippen LogP contribution in [0.5, 0.6) is 11.5 Å². The lowest BCUT2D eigenvalue weighted by Gasteiger charge is -2.35. The van der Waals surface area contributed by atoms with E-state index in [1.54, 1.807) is 6.92 Å². The molecule has 2 heterocycles. The largest absolute Gasteiger partial charge is 0.504 e. The highest BCUT2D eigenvalue weighted by Gasteiger charge is 2.51. The number of hydrogen-bond donors (Lipinski definition) is 1. The number of Topliss-reactive ketones (excluding diaryl/α,β-unsaturated/α-hetero) is 2. The summed E-state index contributed by atoms with van der Waals surface area (Å²) < 4.78 is 16.0. The van der Waals surface area contributed by atoms with Crippen molar-refractivity contribution in [1.82, 2.24) is 0 Å². The maximum absolute atomic E-state index is 13.0. The van der Waals surface area contributed by atoms with Gasteiger partial charge in [0, 0.05) is 11.1 Å². The van der Waals surface area contributed by atoms with Crippen LogP contribution in [-0.4, -0.2) is 48.1 Å². The fourth-order valence-electron chi connectivity index (χ4n) is 3.63. The second-order valence-electron chi connectivity index (χ2n) is 5.96. The van der Waals surface area contributed by atoms with Crippen molar-refractivity contribution in [2.45, 2.75) is 31.7 Å². The average Bonchev–Trinajstić information content (AvgIpc) is 2.90. The van der Waals surface area contributed by atoms with Gasteiger partial charge in [0.15, 0.2) is 29.2 Å². The number of ether oxygens (including phenoxy) is 3. The molecule has 1 aliphatic carbocycles. The van der Waals surface area contributed by atoms with E-state index >= 15 is 0 Å². The molecule has 1 aromatic rings. The quantitative estimate of drug-likeness (QED) is 0.772. The smallest absolute Gasteiger partial charge is 0.309 e. The van der Waals surface area contributed by atoms with Gasteiger partial charge in [0.25, 0.3) is 0 Å². The summed E-state index contributed by atoms with van der Waals surface area (Å²) in [5, 5.41) is 9.91. The summed E-state index contributed by atoms with van der Waals surface area (Å²) in [6.07, 6.45) is -2.04. The molecule has 3 aliphatic rings. The van der Waals surface area contributed by atoms with Gasteiger partial charge in [-0.05, 0) is 19.1 Å². The first-order valence-corrected chi connectivity index (χ1v) is 7.52. The molecule has 7 heteroatoms. The van der Waals surface area contributed by atoms with Gasteiger partial charge >= 0.3 is 5.97 Å². The van der Waals surface area contributed by atoms with E-state index < -0.39 is 35.8 Å². The average molecular weight is 330 g/mol. The normalized spacial score (nSPS) is 28.2. The molecule has 1 fully saturated rings. The Balaban J connectivity index is 1.95. The van der Waals surface area contributed by atoms with Gasteiger partial charge in [-0.25, -0.2) is 0 Å². The molecule has 0 aromatic heterocycles. The molecular formula is C17H14O7. The summed E-state index contributed by atoms with van der Waals surface area (Å²) >= 11 is 0. The molecule has 0 saturated carbocycles. The molecule has 0 radical (unpaired) electrons. The molecule has 0 amide bonds. The first-order valence-electron chi connectivity index (χ1n) is 7.52. The van der Waals surface area contributed by atoms with Gasteiger partial charge in [0.05, 0.1) is 30.8 Å². The highest BCUT2D eigenvalue weighted by atomic mass is 16.6. The lowest BCUT2D eigenvalue weighted by Crippen LogP contribution is -2.44. The van der Waals surface area contributed by atoms with Crippen molar-refractivity contribution in [1.29, 1.82) is 0 Å². The number of ketones is 2. The van der Waals surface area contributed by atoms with E-state index in [1.807, 2.05) is 0 Å². The predicted molar refractivity (Wildman–Crippen MR) is 79.2 cm³/mol. The van der Waals surface area contributed by atoms with Crippen molar-refractivity contribution in [2.75, 3.05) is 7.11 Å². The third-order valence-electron chi connectivity index (χ3n) is 4.63. The first-order chi connectivity index (χ1) is 11.4. The van der Waals surface area contributed by atoms with Gasteiger partial charge in [0.2, 0.25) is 0 Å². The standard InChI is InChI=1S/C17H14O7/c1-6-11-13(17-9(23-6)5-10(19)24-17)14(20)7-3-4-8(18)16(22-2)12(7)15(11)21/h3-4,6,9,17-18H,5H2,1-2H3. The van der Waals surface area contributed by atoms with Gasteiger partial charge in [-0.3, -0.25) is 14.4 Å². The summed E-state index contributed by atoms with van der Waals surface area (Å²) in [6, 6.07) is 2.68. The van der Waals surface area contributed by atoms with E-state index in [0.29, 0.717) is 0 Å². The van der Waals surface area contributed by atoms with E-state index in [9.17, 15) is 19.5 Å². The number of hydrogen-bond acceptors (Lipinski definition) is 7. The Morgan fingerprint density at radius 2 is 1.92 bits per heavy atom. The molecule has 1 aromatic carbocycles. The molecule has 2 aliphatic heterocycles. The number of carbonyl (C=O) groups excluding carboxylic acids is 3. The Morgan fingerprint density at radius 1 is 1.17 bits per heavy atom. The molecular weight excluding hydrogens is 316 g/mol. The Kier molecular flexibility index (Phi) is 3.05. The van der Waals surface area contributed by atoms with Crippen LogP contribution in [0.15, 0.2) is 23.3 Å². The Labute approximate surface area is 136 Å². The Morgan fingerprint density at radius 3 is 2.62 bits per heavy atom. The zero-order chi connectivity index (χ0) is 17.2. The first kappa shape index (κ1) is 14.9. The molecule has 1 N–H and O–H groups in total. The summed E-state index contributed by atoms with van der Waals surface area (Å²) in [5.74, 6) is -1.59.